The molecule has 0 saturated carbocycles. The van der Waals surface area contributed by atoms with Crippen LogP contribution >= 0.6 is 0 Å². The van der Waals surface area contributed by atoms with E-state index in [1.807, 2.05) is 0 Å². The van der Waals surface area contributed by atoms with E-state index < -0.39 is 0 Å². The minimum Gasteiger partial charge on any atom is -0.395 e. The highest BCUT2D eigenvalue weighted by Crippen LogP contribution is 1.78. The molecule has 60 valence electrons. The van der Waals surface area contributed by atoms with Gasteiger partial charge in [0.2, 0.25) is 0 Å². The smallest absolute Gasteiger partial charge is 0.0658 e. The van der Waals surface area contributed by atoms with E-state index in [4.69, 9.17) is 10.2 Å². The van der Waals surface area contributed by atoms with E-state index in [0.717, 1.165) is 0 Å². The molecular formula is C4H11N3O3. The predicted molar refractivity (Wildman–Crippen MR) is 34.7 cm³/mol. The first-order valence-corrected chi connectivity index (χ1v) is 2.89. The molecule has 0 rings (SSSR count). The second kappa shape index (κ2) is 6.40. The van der Waals surface area contributed by atoms with Gasteiger partial charge in [-0.2, -0.15) is 0 Å². The minimum atomic E-state index is -0.0808. The number of aliphatic hydroxyl groups is 2. The molecule has 3 N–H and O–H groups in total. The van der Waals surface area contributed by atoms with Crippen LogP contribution in [0.5, 0.6) is 0 Å². The van der Waals surface area contributed by atoms with Gasteiger partial charge in [0.25, 0.3) is 0 Å². The Morgan fingerprint density at radius 1 is 1.30 bits per heavy atom. The van der Waals surface area contributed by atoms with Crippen molar-refractivity contribution < 1.29 is 10.2 Å². The maximum Gasteiger partial charge on any atom is 0.0658 e. The van der Waals surface area contributed by atoms with Crippen molar-refractivity contribution in [2.24, 2.45) is 5.29 Å². The van der Waals surface area contributed by atoms with Crippen LogP contribution in [0.25, 0.3) is 0 Å². The Morgan fingerprint density at radius 2 is 1.80 bits per heavy atom. The normalized spacial score (nSPS) is 9.90. The number of hydrazine groups is 1. The van der Waals surface area contributed by atoms with Gasteiger partial charge in [-0.25, -0.2) is 10.5 Å². The summed E-state index contributed by atoms with van der Waals surface area (Å²) in [5.41, 5.74) is 2.07. The average molecular weight is 149 g/mol. The lowest BCUT2D eigenvalue weighted by atomic mass is 10.6. The predicted octanol–water partition coefficient (Wildman–Crippen LogP) is -1.54. The summed E-state index contributed by atoms with van der Waals surface area (Å²) in [6.45, 7) is 0.379. The summed E-state index contributed by atoms with van der Waals surface area (Å²) in [5, 5.41) is 20.5. The van der Waals surface area contributed by atoms with Gasteiger partial charge < -0.3 is 10.2 Å². The van der Waals surface area contributed by atoms with Crippen LogP contribution in [0.2, 0.25) is 0 Å². The summed E-state index contributed by atoms with van der Waals surface area (Å²) in [7, 11) is 0. The van der Waals surface area contributed by atoms with Gasteiger partial charge in [-0.1, -0.05) is 0 Å². The summed E-state index contributed by atoms with van der Waals surface area (Å²) in [6, 6.07) is 0. The fourth-order valence-corrected chi connectivity index (χ4v) is 0.511. The number of hydrogen-bond donors (Lipinski definition) is 3. The summed E-state index contributed by atoms with van der Waals surface area (Å²) in [4.78, 5) is 9.60. The number of nitrogens with zero attached hydrogens (tertiary/aromatic N) is 2. The molecular weight excluding hydrogens is 138 g/mol. The van der Waals surface area contributed by atoms with E-state index in [-0.39, 0.29) is 26.3 Å². The Balaban J connectivity index is 3.38. The quantitative estimate of drug-likeness (QED) is 0.315. The molecule has 0 radical (unpaired) electrons. The third kappa shape index (κ3) is 4.19. The van der Waals surface area contributed by atoms with Crippen LogP contribution in [-0.4, -0.2) is 41.5 Å². The van der Waals surface area contributed by atoms with Gasteiger partial charge in [0.1, 0.15) is 0 Å². The highest BCUT2D eigenvalue weighted by Gasteiger charge is 1.99. The summed E-state index contributed by atoms with van der Waals surface area (Å²) in [5.74, 6) is 0. The van der Waals surface area contributed by atoms with Crippen molar-refractivity contribution in [3.05, 3.63) is 4.91 Å². The molecule has 0 aliphatic heterocycles. The lowest BCUT2D eigenvalue weighted by Crippen LogP contribution is -2.38. The maximum atomic E-state index is 9.60. The van der Waals surface area contributed by atoms with Crippen LogP contribution in [0, 0.1) is 4.91 Å². The SMILES string of the molecule is O=NNN(CCO)CCO. The maximum absolute atomic E-state index is 9.60. The molecule has 0 atom stereocenters. The van der Waals surface area contributed by atoms with E-state index in [0.29, 0.717) is 0 Å². The zero-order valence-corrected chi connectivity index (χ0v) is 5.53. The van der Waals surface area contributed by atoms with Gasteiger partial charge in [-0.05, 0) is 0 Å². The van der Waals surface area contributed by atoms with Crippen LogP contribution in [0.3, 0.4) is 0 Å². The van der Waals surface area contributed by atoms with Gasteiger partial charge in [0.05, 0.1) is 18.5 Å². The molecule has 0 heterocycles. The van der Waals surface area contributed by atoms with E-state index in [1.54, 1.807) is 0 Å². The number of rotatable bonds is 6. The van der Waals surface area contributed by atoms with Gasteiger partial charge >= 0.3 is 0 Å². The highest BCUT2D eigenvalue weighted by molar-refractivity contribution is 4.46. The third-order valence-electron chi connectivity index (χ3n) is 0.922. The second-order valence-corrected chi connectivity index (χ2v) is 1.63. The molecule has 0 aromatic carbocycles. The fraction of sp³-hybridized carbons (Fsp3) is 1.00. The van der Waals surface area contributed by atoms with Crippen molar-refractivity contribution in [3.8, 4) is 0 Å². The average Bonchev–Trinajstić information content (AvgIpc) is 1.90. The van der Waals surface area contributed by atoms with Crippen molar-refractivity contribution in [3.63, 3.8) is 0 Å². The molecule has 0 amide bonds. The molecule has 0 aromatic rings. The summed E-state index contributed by atoms with van der Waals surface area (Å²) < 4.78 is 0. The second-order valence-electron chi connectivity index (χ2n) is 1.63. The number of nitroso groups, excluding NO2 is 1. The molecule has 6 heteroatoms. The van der Waals surface area contributed by atoms with Gasteiger partial charge in [0, 0.05) is 13.1 Å². The first-order valence-electron chi connectivity index (χ1n) is 2.89. The lowest BCUT2D eigenvalue weighted by Gasteiger charge is -2.15. The Bertz CT molecular complexity index is 83.8. The molecule has 6 nitrogen and oxygen atoms in total. The van der Waals surface area contributed by atoms with Crippen LogP contribution < -0.4 is 5.53 Å². The number of nitrogens with one attached hydrogen (secondary N) is 1. The minimum absolute atomic E-state index is 0.0808. The zero-order chi connectivity index (χ0) is 7.82. The summed E-state index contributed by atoms with van der Waals surface area (Å²) in [6.07, 6.45) is 0. The van der Waals surface area contributed by atoms with Crippen molar-refractivity contribution in [1.29, 1.82) is 0 Å². The van der Waals surface area contributed by atoms with E-state index in [1.165, 1.54) is 5.01 Å². The molecule has 0 spiro atoms. The Labute approximate surface area is 58.4 Å². The molecule has 0 aliphatic rings. The Hall–Kier alpha value is -0.720. The van der Waals surface area contributed by atoms with Crippen LogP contribution in [0.4, 0.5) is 0 Å². The van der Waals surface area contributed by atoms with Gasteiger partial charge in [0.15, 0.2) is 0 Å². The molecule has 0 fully saturated rings. The summed E-state index contributed by atoms with van der Waals surface area (Å²) >= 11 is 0. The fourth-order valence-electron chi connectivity index (χ4n) is 0.511. The molecule has 0 aliphatic carbocycles. The Kier molecular flexibility index (Phi) is 5.94. The molecule has 10 heavy (non-hydrogen) atoms. The topological polar surface area (TPSA) is 85.2 Å². The molecule has 0 unspecified atom stereocenters. The molecule has 0 saturated heterocycles. The monoisotopic (exact) mass is 149 g/mol. The Morgan fingerprint density at radius 3 is 2.10 bits per heavy atom. The standard InChI is InChI=1S/C4H11N3O3/c8-3-1-7(2-4-9)5-6-10/h8-9H,1-4H2,(H,5,10). The van der Waals surface area contributed by atoms with Gasteiger partial charge in [-0.15, -0.1) is 4.91 Å². The number of hydrogen-bond acceptors (Lipinski definition) is 5. The van der Waals surface area contributed by atoms with Crippen molar-refractivity contribution in [2.75, 3.05) is 26.3 Å². The zero-order valence-electron chi connectivity index (χ0n) is 5.53. The first-order chi connectivity index (χ1) is 4.85. The molecule has 0 aromatic heterocycles. The van der Waals surface area contributed by atoms with E-state index in [2.05, 4.69) is 10.8 Å². The van der Waals surface area contributed by atoms with E-state index in [9.17, 15) is 4.91 Å². The van der Waals surface area contributed by atoms with Crippen molar-refractivity contribution in [1.82, 2.24) is 10.5 Å². The van der Waals surface area contributed by atoms with Crippen LogP contribution in [0.15, 0.2) is 5.29 Å². The van der Waals surface area contributed by atoms with Crippen molar-refractivity contribution in [2.45, 2.75) is 0 Å². The third-order valence-corrected chi connectivity index (χ3v) is 0.922. The van der Waals surface area contributed by atoms with Crippen LogP contribution in [-0.2, 0) is 0 Å². The first kappa shape index (κ1) is 9.28. The number of aliphatic hydroxyl groups excluding tert-OH is 2. The highest BCUT2D eigenvalue weighted by atomic mass is 16.3. The van der Waals surface area contributed by atoms with Crippen LogP contribution in [0.1, 0.15) is 0 Å². The molecule has 0 bridgehead atoms. The van der Waals surface area contributed by atoms with Crippen molar-refractivity contribution >= 4 is 0 Å². The largest absolute Gasteiger partial charge is 0.395 e. The lowest BCUT2D eigenvalue weighted by molar-refractivity contribution is 0.116. The van der Waals surface area contributed by atoms with E-state index >= 15 is 0 Å². The van der Waals surface area contributed by atoms with Gasteiger partial charge in [-0.3, -0.25) is 0 Å².